The van der Waals surface area contributed by atoms with Crippen molar-refractivity contribution in [2.24, 2.45) is 11.3 Å². The number of fused-ring (bicyclic) bond motifs is 1. The molecule has 1 aromatic carbocycles. The molecule has 1 spiro atoms. The third kappa shape index (κ3) is 2.48. The number of carbonyl (C=O) groups excluding carboxylic acids is 1. The Balaban J connectivity index is 1.26. The van der Waals surface area contributed by atoms with Crippen LogP contribution in [0.4, 0.5) is 10.2 Å². The van der Waals surface area contributed by atoms with Gasteiger partial charge in [-0.1, -0.05) is 6.07 Å². The summed E-state index contributed by atoms with van der Waals surface area (Å²) in [7, 11) is 0. The van der Waals surface area contributed by atoms with Gasteiger partial charge in [-0.15, -0.1) is 0 Å². The number of aromatic nitrogens is 2. The Morgan fingerprint density at radius 1 is 1.20 bits per heavy atom. The maximum atomic E-state index is 14.8. The molecule has 0 saturated heterocycles. The van der Waals surface area contributed by atoms with E-state index in [0.29, 0.717) is 16.8 Å². The summed E-state index contributed by atoms with van der Waals surface area (Å²) >= 11 is 0. The van der Waals surface area contributed by atoms with E-state index in [0.717, 1.165) is 36.8 Å². The van der Waals surface area contributed by atoms with E-state index in [2.05, 4.69) is 21.4 Å². The van der Waals surface area contributed by atoms with Crippen LogP contribution in [-0.4, -0.2) is 15.9 Å². The zero-order valence-electron chi connectivity index (χ0n) is 16.2. The topological polar surface area (TPSA) is 78.7 Å². The molecule has 3 saturated carbocycles. The number of benzene rings is 1. The summed E-state index contributed by atoms with van der Waals surface area (Å²) in [5.41, 5.74) is 0.717. The van der Waals surface area contributed by atoms with Crippen molar-refractivity contribution in [2.45, 2.75) is 37.0 Å². The molecular weight excluding hydrogens is 379 g/mol. The van der Waals surface area contributed by atoms with Gasteiger partial charge in [0.15, 0.2) is 0 Å². The molecule has 30 heavy (non-hydrogen) atoms. The number of halogens is 1. The van der Waals surface area contributed by atoms with Gasteiger partial charge in [-0.25, -0.2) is 9.37 Å². The molecule has 0 bridgehead atoms. The predicted octanol–water partition coefficient (Wildman–Crippen LogP) is 4.46. The van der Waals surface area contributed by atoms with Gasteiger partial charge in [0.2, 0.25) is 5.91 Å². The highest BCUT2D eigenvalue weighted by molar-refractivity contribution is 5.96. The van der Waals surface area contributed by atoms with E-state index in [4.69, 9.17) is 0 Å². The minimum Gasteiger partial charge on any atom is -0.310 e. The van der Waals surface area contributed by atoms with Crippen LogP contribution in [0, 0.1) is 28.5 Å². The molecule has 6 heteroatoms. The molecule has 3 aliphatic rings. The molecule has 1 amide bonds. The molecule has 6 rings (SSSR count). The van der Waals surface area contributed by atoms with E-state index < -0.39 is 5.41 Å². The first kappa shape index (κ1) is 17.5. The smallest absolute Gasteiger partial charge is 0.229 e. The van der Waals surface area contributed by atoms with E-state index in [1.165, 1.54) is 6.07 Å². The highest BCUT2D eigenvalue weighted by atomic mass is 19.1. The summed E-state index contributed by atoms with van der Waals surface area (Å²) in [6.07, 6.45) is 6.81. The fourth-order valence-corrected chi connectivity index (χ4v) is 5.00. The quantitative estimate of drug-likeness (QED) is 0.704. The number of nitrogens with one attached hydrogen (secondary N) is 1. The zero-order valence-corrected chi connectivity index (χ0v) is 16.2. The Hall–Kier alpha value is -3.33. The summed E-state index contributed by atoms with van der Waals surface area (Å²) in [5.74, 6) is 0.0615. The summed E-state index contributed by atoms with van der Waals surface area (Å²) in [6.45, 7) is 0. The van der Waals surface area contributed by atoms with Crippen LogP contribution >= 0.6 is 0 Å². The van der Waals surface area contributed by atoms with Crippen molar-refractivity contribution in [3.8, 4) is 6.07 Å². The van der Waals surface area contributed by atoms with Crippen molar-refractivity contribution in [3.05, 3.63) is 65.9 Å². The van der Waals surface area contributed by atoms with Gasteiger partial charge in [-0.3, -0.25) is 9.78 Å². The molecule has 0 aliphatic heterocycles. The minimum absolute atomic E-state index is 0.00714. The number of nitriles is 1. The number of amides is 1. The van der Waals surface area contributed by atoms with E-state index >= 15 is 0 Å². The number of carbonyl (C=O) groups is 1. The summed E-state index contributed by atoms with van der Waals surface area (Å²) < 4.78 is 14.8. The fourth-order valence-electron chi connectivity index (χ4n) is 5.00. The number of hydrogen-bond acceptors (Lipinski definition) is 4. The van der Waals surface area contributed by atoms with Gasteiger partial charge >= 0.3 is 0 Å². The molecule has 0 unspecified atom stereocenters. The van der Waals surface area contributed by atoms with Gasteiger partial charge in [-0.05, 0) is 66.8 Å². The number of hydrogen-bond donors (Lipinski definition) is 1. The van der Waals surface area contributed by atoms with Crippen LogP contribution in [-0.2, 0) is 10.2 Å². The van der Waals surface area contributed by atoms with Crippen LogP contribution < -0.4 is 5.32 Å². The molecule has 3 aromatic rings. The summed E-state index contributed by atoms with van der Waals surface area (Å²) in [6, 6.07) is 13.1. The van der Waals surface area contributed by atoms with Crippen molar-refractivity contribution >= 4 is 22.5 Å². The van der Waals surface area contributed by atoms with Crippen LogP contribution in [0.1, 0.15) is 42.9 Å². The Bertz CT molecular complexity index is 1250. The van der Waals surface area contributed by atoms with Gasteiger partial charge in [0.1, 0.15) is 11.6 Å². The maximum absolute atomic E-state index is 14.8. The Morgan fingerprint density at radius 2 is 2.07 bits per heavy atom. The highest BCUT2D eigenvalue weighted by Gasteiger charge is 2.76. The first-order chi connectivity index (χ1) is 14.6. The fraction of sp³-hybridized carbons (Fsp3) is 0.333. The second kappa shape index (κ2) is 5.85. The van der Waals surface area contributed by atoms with E-state index in [9.17, 15) is 14.4 Å². The van der Waals surface area contributed by atoms with Crippen LogP contribution in [0.25, 0.3) is 10.8 Å². The Labute approximate surface area is 173 Å². The van der Waals surface area contributed by atoms with Crippen molar-refractivity contribution in [2.75, 3.05) is 5.32 Å². The zero-order chi connectivity index (χ0) is 20.5. The van der Waals surface area contributed by atoms with Crippen molar-refractivity contribution in [3.63, 3.8) is 0 Å². The van der Waals surface area contributed by atoms with Crippen LogP contribution in [0.2, 0.25) is 0 Å². The lowest BCUT2D eigenvalue weighted by Gasteiger charge is -2.12. The molecule has 5 nitrogen and oxygen atoms in total. The Morgan fingerprint density at radius 3 is 2.77 bits per heavy atom. The first-order valence-corrected chi connectivity index (χ1v) is 10.3. The predicted molar refractivity (Wildman–Crippen MR) is 109 cm³/mol. The molecule has 2 aromatic heterocycles. The molecule has 148 valence electrons. The van der Waals surface area contributed by atoms with Crippen molar-refractivity contribution in [1.29, 1.82) is 5.26 Å². The molecule has 0 radical (unpaired) electrons. The van der Waals surface area contributed by atoms with Crippen molar-refractivity contribution < 1.29 is 9.18 Å². The highest BCUT2D eigenvalue weighted by Crippen LogP contribution is 2.78. The summed E-state index contributed by atoms with van der Waals surface area (Å²) in [5, 5.41) is 14.1. The second-order valence-corrected chi connectivity index (χ2v) is 8.92. The molecule has 3 fully saturated rings. The molecule has 3 aliphatic carbocycles. The van der Waals surface area contributed by atoms with E-state index in [1.807, 2.05) is 18.2 Å². The second-order valence-electron chi connectivity index (χ2n) is 8.92. The van der Waals surface area contributed by atoms with Gasteiger partial charge in [0.25, 0.3) is 0 Å². The van der Waals surface area contributed by atoms with Crippen LogP contribution in [0.3, 0.4) is 0 Å². The van der Waals surface area contributed by atoms with E-state index in [-0.39, 0.29) is 29.0 Å². The largest absolute Gasteiger partial charge is 0.310 e. The van der Waals surface area contributed by atoms with E-state index in [1.54, 1.807) is 24.5 Å². The van der Waals surface area contributed by atoms with Gasteiger partial charge in [0, 0.05) is 40.9 Å². The third-order valence-electron chi connectivity index (χ3n) is 7.14. The molecule has 1 N–H and O–H groups in total. The average molecular weight is 398 g/mol. The number of pyridine rings is 2. The number of anilines is 1. The monoisotopic (exact) mass is 398 g/mol. The van der Waals surface area contributed by atoms with Gasteiger partial charge < -0.3 is 5.32 Å². The standard InChI is InChI=1S/C24H19FN4O/c25-19-8-15-11-28-21(29-22(30)17-10-16(17)20-3-1-2-6-27-20)9-14(15)7-18(19)24(13-26)12-23(24)4-5-23/h1-3,6-9,11,16-17H,4-5,10,12H2,(H,28,29,30)/t16-,17-,24-/m1/s1. The average Bonchev–Trinajstić information content (AvgIpc) is 3.66. The van der Waals surface area contributed by atoms with Gasteiger partial charge in [-0.2, -0.15) is 5.26 Å². The van der Waals surface area contributed by atoms with Crippen LogP contribution in [0.5, 0.6) is 0 Å². The third-order valence-corrected chi connectivity index (χ3v) is 7.14. The Kier molecular flexibility index (Phi) is 3.42. The molecular formula is C24H19FN4O. The SMILES string of the molecule is N#C[C@@]1(c2cc3cc(NC(=O)[C@@H]4C[C@H]4c4ccccn4)ncc3cc2F)CC12CC2. The van der Waals surface area contributed by atoms with Crippen LogP contribution in [0.15, 0.2) is 48.8 Å². The molecule has 2 heterocycles. The first-order valence-electron chi connectivity index (χ1n) is 10.3. The lowest BCUT2D eigenvalue weighted by molar-refractivity contribution is -0.117. The molecule has 3 atom stereocenters. The lowest BCUT2D eigenvalue weighted by Crippen LogP contribution is -2.15. The maximum Gasteiger partial charge on any atom is 0.229 e. The number of nitrogens with zero attached hydrogens (tertiary/aromatic N) is 3. The van der Waals surface area contributed by atoms with Crippen molar-refractivity contribution in [1.82, 2.24) is 9.97 Å². The number of rotatable bonds is 4. The minimum atomic E-state index is -0.693. The normalized spacial score (nSPS) is 27.5. The summed E-state index contributed by atoms with van der Waals surface area (Å²) in [4.78, 5) is 21.3. The van der Waals surface area contributed by atoms with Gasteiger partial charge in [0.05, 0.1) is 11.5 Å². The lowest BCUT2D eigenvalue weighted by atomic mass is 9.91.